The second-order valence-corrected chi connectivity index (χ2v) is 7.65. The van der Waals surface area contributed by atoms with Crippen LogP contribution in [0.4, 0.5) is 0 Å². The van der Waals surface area contributed by atoms with Crippen molar-refractivity contribution in [1.82, 2.24) is 4.90 Å². The van der Waals surface area contributed by atoms with Gasteiger partial charge in [0.1, 0.15) is 0 Å². The van der Waals surface area contributed by atoms with Crippen LogP contribution in [0.15, 0.2) is 33.9 Å². The lowest BCUT2D eigenvalue weighted by Crippen LogP contribution is -2.40. The Kier molecular flexibility index (Phi) is 5.71. The molecule has 0 saturated heterocycles. The molecule has 0 saturated carbocycles. The van der Waals surface area contributed by atoms with Gasteiger partial charge in [-0.05, 0) is 76.5 Å². The van der Waals surface area contributed by atoms with E-state index in [1.807, 2.05) is 0 Å². The summed E-state index contributed by atoms with van der Waals surface area (Å²) in [6, 6.07) is 0.549. The van der Waals surface area contributed by atoms with Gasteiger partial charge in [0.2, 0.25) is 0 Å². The largest absolute Gasteiger partial charge is 0.295 e. The minimum Gasteiger partial charge on any atom is -0.295 e. The third kappa shape index (κ3) is 3.40. The molecule has 2 rings (SSSR count). The van der Waals surface area contributed by atoms with Crippen molar-refractivity contribution in [2.75, 3.05) is 13.6 Å². The van der Waals surface area contributed by atoms with Crippen molar-refractivity contribution in [3.05, 3.63) is 33.9 Å². The van der Waals surface area contributed by atoms with Crippen LogP contribution in [-0.2, 0) is 0 Å². The summed E-state index contributed by atoms with van der Waals surface area (Å²) in [5.74, 6) is 1.39. The van der Waals surface area contributed by atoms with Gasteiger partial charge in [0.15, 0.2) is 0 Å². The summed E-state index contributed by atoms with van der Waals surface area (Å²) in [6.07, 6.45) is 7.74. The van der Waals surface area contributed by atoms with E-state index in [4.69, 9.17) is 0 Å². The van der Waals surface area contributed by atoms with Crippen LogP contribution in [0.3, 0.4) is 0 Å². The molecule has 0 heterocycles. The van der Waals surface area contributed by atoms with Crippen LogP contribution >= 0.6 is 0 Å². The molecular weight excluding hydrogens is 266 g/mol. The van der Waals surface area contributed by atoms with Crippen molar-refractivity contribution in [1.29, 1.82) is 0 Å². The van der Waals surface area contributed by atoms with Crippen LogP contribution in [0.5, 0.6) is 0 Å². The maximum atomic E-state index is 2.59. The first kappa shape index (κ1) is 17.5. The molecule has 22 heavy (non-hydrogen) atoms. The Morgan fingerprint density at radius 2 is 1.86 bits per heavy atom. The van der Waals surface area contributed by atoms with Gasteiger partial charge in [0.05, 0.1) is 0 Å². The second-order valence-electron chi connectivity index (χ2n) is 7.65. The van der Waals surface area contributed by atoms with Gasteiger partial charge in [0.25, 0.3) is 0 Å². The molecule has 0 aromatic rings. The minimum absolute atomic E-state index is 0.549. The van der Waals surface area contributed by atoms with Crippen LogP contribution < -0.4 is 0 Å². The van der Waals surface area contributed by atoms with Crippen LogP contribution in [0, 0.1) is 11.8 Å². The quantitative estimate of drug-likeness (QED) is 0.598. The average molecular weight is 302 g/mol. The summed E-state index contributed by atoms with van der Waals surface area (Å²) in [5, 5.41) is 0. The van der Waals surface area contributed by atoms with Crippen molar-refractivity contribution < 1.29 is 0 Å². The summed E-state index contributed by atoms with van der Waals surface area (Å²) in [5.41, 5.74) is 8.02. The Morgan fingerprint density at radius 1 is 1.18 bits per heavy atom. The highest BCUT2D eigenvalue weighted by atomic mass is 15.1. The standard InChI is InChI=1S/C21H35N/c1-8-19-12-21(18(6)16(4)17(19)5)22(7)13-20-14(2)10-9-11-15(20)3/h12,14,18,21H,8-11,13H2,1-7H3. The Balaban J connectivity index is 2.19. The third-order valence-electron chi connectivity index (χ3n) is 6.28. The predicted molar refractivity (Wildman–Crippen MR) is 98.0 cm³/mol. The zero-order valence-electron chi connectivity index (χ0n) is 15.8. The monoisotopic (exact) mass is 301 g/mol. The predicted octanol–water partition coefficient (Wildman–Crippen LogP) is 5.75. The highest BCUT2D eigenvalue weighted by Gasteiger charge is 2.28. The van der Waals surface area contributed by atoms with Crippen molar-refractivity contribution >= 4 is 0 Å². The van der Waals surface area contributed by atoms with E-state index in [9.17, 15) is 0 Å². The van der Waals surface area contributed by atoms with Gasteiger partial charge in [-0.2, -0.15) is 0 Å². The van der Waals surface area contributed by atoms with E-state index in [1.54, 1.807) is 22.3 Å². The average Bonchev–Trinajstić information content (AvgIpc) is 2.49. The fraction of sp³-hybridized carbons (Fsp3) is 0.714. The lowest BCUT2D eigenvalue weighted by molar-refractivity contribution is 0.244. The SMILES string of the molecule is CCC1=CC(N(C)CC2=C(C)CCCC2C)C(C)C(C)=C1C. The zero-order valence-corrected chi connectivity index (χ0v) is 15.8. The fourth-order valence-corrected chi connectivity index (χ4v) is 4.31. The maximum Gasteiger partial charge on any atom is 0.0347 e. The number of hydrogen-bond donors (Lipinski definition) is 0. The Labute approximate surface area is 138 Å². The van der Waals surface area contributed by atoms with Crippen LogP contribution in [0.2, 0.25) is 0 Å². The molecule has 0 aliphatic heterocycles. The summed E-state index contributed by atoms with van der Waals surface area (Å²) in [6.45, 7) is 15.2. The van der Waals surface area contributed by atoms with E-state index in [0.717, 1.165) is 18.9 Å². The first-order valence-corrected chi connectivity index (χ1v) is 9.14. The third-order valence-corrected chi connectivity index (χ3v) is 6.28. The first-order chi connectivity index (χ1) is 10.4. The molecule has 0 radical (unpaired) electrons. The van der Waals surface area contributed by atoms with E-state index in [1.165, 1.54) is 24.8 Å². The molecule has 3 unspecified atom stereocenters. The fourth-order valence-electron chi connectivity index (χ4n) is 4.31. The molecule has 0 fully saturated rings. The van der Waals surface area contributed by atoms with Crippen molar-refractivity contribution in [3.8, 4) is 0 Å². The summed E-state index contributed by atoms with van der Waals surface area (Å²) < 4.78 is 0. The molecule has 3 atom stereocenters. The molecule has 0 amide bonds. The van der Waals surface area contributed by atoms with Crippen LogP contribution in [0.1, 0.15) is 67.2 Å². The molecule has 2 aliphatic carbocycles. The Bertz CT molecular complexity index is 506. The lowest BCUT2D eigenvalue weighted by atomic mass is 9.79. The zero-order chi connectivity index (χ0) is 16.4. The van der Waals surface area contributed by atoms with Gasteiger partial charge in [-0.15, -0.1) is 0 Å². The van der Waals surface area contributed by atoms with Crippen LogP contribution in [-0.4, -0.2) is 24.5 Å². The van der Waals surface area contributed by atoms with E-state index in [-0.39, 0.29) is 0 Å². The molecule has 0 N–H and O–H groups in total. The smallest absolute Gasteiger partial charge is 0.0347 e. The van der Waals surface area contributed by atoms with Gasteiger partial charge in [-0.3, -0.25) is 4.90 Å². The summed E-state index contributed by atoms with van der Waals surface area (Å²) in [7, 11) is 2.32. The number of rotatable bonds is 4. The highest BCUT2D eigenvalue weighted by molar-refractivity contribution is 5.40. The summed E-state index contributed by atoms with van der Waals surface area (Å²) >= 11 is 0. The Hall–Kier alpha value is -0.820. The molecular formula is C21H35N. The Morgan fingerprint density at radius 3 is 2.45 bits per heavy atom. The van der Waals surface area contributed by atoms with Gasteiger partial charge in [-0.1, -0.05) is 43.6 Å². The van der Waals surface area contributed by atoms with Gasteiger partial charge in [-0.25, -0.2) is 0 Å². The van der Waals surface area contributed by atoms with Crippen molar-refractivity contribution in [3.63, 3.8) is 0 Å². The van der Waals surface area contributed by atoms with Crippen LogP contribution in [0.25, 0.3) is 0 Å². The molecule has 2 aliphatic rings. The molecule has 0 aromatic heterocycles. The molecule has 0 bridgehead atoms. The van der Waals surface area contributed by atoms with E-state index in [0.29, 0.717) is 12.0 Å². The molecule has 124 valence electrons. The number of likely N-dealkylation sites (N-methyl/N-ethyl adjacent to an activating group) is 1. The topological polar surface area (TPSA) is 3.24 Å². The van der Waals surface area contributed by atoms with E-state index >= 15 is 0 Å². The number of allylic oxidation sites excluding steroid dienone is 3. The first-order valence-electron chi connectivity index (χ1n) is 9.14. The number of hydrogen-bond acceptors (Lipinski definition) is 1. The molecule has 0 spiro atoms. The molecule has 1 nitrogen and oxygen atoms in total. The van der Waals surface area contributed by atoms with E-state index in [2.05, 4.69) is 59.6 Å². The minimum atomic E-state index is 0.549. The number of nitrogens with zero attached hydrogens (tertiary/aromatic N) is 1. The maximum absolute atomic E-state index is 2.59. The molecule has 0 aromatic carbocycles. The van der Waals surface area contributed by atoms with E-state index < -0.39 is 0 Å². The lowest BCUT2D eigenvalue weighted by Gasteiger charge is -2.38. The highest BCUT2D eigenvalue weighted by Crippen LogP contribution is 2.35. The van der Waals surface area contributed by atoms with Crippen molar-refractivity contribution in [2.24, 2.45) is 11.8 Å². The van der Waals surface area contributed by atoms with Gasteiger partial charge in [0, 0.05) is 12.6 Å². The second kappa shape index (κ2) is 7.17. The summed E-state index contributed by atoms with van der Waals surface area (Å²) in [4.78, 5) is 2.59. The van der Waals surface area contributed by atoms with Gasteiger partial charge >= 0.3 is 0 Å². The van der Waals surface area contributed by atoms with Crippen molar-refractivity contribution in [2.45, 2.75) is 73.3 Å². The normalized spacial score (nSPS) is 30.2. The molecule has 1 heteroatoms. The van der Waals surface area contributed by atoms with Gasteiger partial charge < -0.3 is 0 Å².